The second kappa shape index (κ2) is 9.99. The lowest BCUT2D eigenvalue weighted by atomic mass is 9.87. The van der Waals surface area contributed by atoms with Crippen LogP contribution in [0.2, 0.25) is 5.02 Å². The van der Waals surface area contributed by atoms with Crippen LogP contribution in [0.15, 0.2) is 36.4 Å². The van der Waals surface area contributed by atoms with Crippen LogP contribution in [0.4, 0.5) is 5.69 Å². The highest BCUT2D eigenvalue weighted by Gasteiger charge is 2.30. The van der Waals surface area contributed by atoms with E-state index in [0.29, 0.717) is 18.8 Å². The number of anilines is 1. The highest BCUT2D eigenvalue weighted by Crippen LogP contribution is 2.37. The predicted molar refractivity (Wildman–Crippen MR) is 133 cm³/mol. The predicted octanol–water partition coefficient (Wildman–Crippen LogP) is 5.48. The summed E-state index contributed by atoms with van der Waals surface area (Å²) in [6.07, 6.45) is 8.24. The summed E-state index contributed by atoms with van der Waals surface area (Å²) in [6, 6.07) is 12.3. The molecule has 2 aromatic rings. The van der Waals surface area contributed by atoms with Crippen molar-refractivity contribution < 1.29 is 9.59 Å². The summed E-state index contributed by atoms with van der Waals surface area (Å²) in [5.74, 6) is 1.14. The maximum absolute atomic E-state index is 13.1. The number of halogens is 1. The summed E-state index contributed by atoms with van der Waals surface area (Å²) in [5, 5.41) is 0.863. The van der Waals surface area contributed by atoms with Gasteiger partial charge in [-0.15, -0.1) is 0 Å². The van der Waals surface area contributed by atoms with E-state index in [0.717, 1.165) is 74.6 Å². The lowest BCUT2D eigenvalue weighted by Crippen LogP contribution is -2.39. The summed E-state index contributed by atoms with van der Waals surface area (Å²) in [7, 11) is 0. The third-order valence-electron chi connectivity index (χ3n) is 7.74. The molecule has 5 rings (SSSR count). The summed E-state index contributed by atoms with van der Waals surface area (Å²) in [5.41, 5.74) is 5.59. The number of carbonyl (C=O) groups excluding carboxylic acids is 2. The molecule has 0 N–H and O–H groups in total. The Balaban J connectivity index is 1.12. The van der Waals surface area contributed by atoms with Crippen LogP contribution < -0.4 is 4.90 Å². The Morgan fingerprint density at radius 1 is 1.00 bits per heavy atom. The van der Waals surface area contributed by atoms with E-state index in [4.69, 9.17) is 11.6 Å². The smallest absolute Gasteiger partial charge is 0.227 e. The fraction of sp³-hybridized carbons (Fsp3) is 0.500. The fourth-order valence-electron chi connectivity index (χ4n) is 5.77. The van der Waals surface area contributed by atoms with Gasteiger partial charge in [-0.1, -0.05) is 29.8 Å². The molecule has 1 saturated heterocycles. The van der Waals surface area contributed by atoms with Crippen LogP contribution >= 0.6 is 11.6 Å². The van der Waals surface area contributed by atoms with E-state index in [2.05, 4.69) is 29.2 Å². The first-order chi connectivity index (χ1) is 16.1. The van der Waals surface area contributed by atoms with Gasteiger partial charge in [-0.05, 0) is 98.8 Å². The molecule has 4 nitrogen and oxygen atoms in total. The monoisotopic (exact) mass is 464 g/mol. The van der Waals surface area contributed by atoms with E-state index < -0.39 is 0 Å². The van der Waals surface area contributed by atoms with E-state index in [9.17, 15) is 9.59 Å². The number of amides is 1. The van der Waals surface area contributed by atoms with Gasteiger partial charge in [0.1, 0.15) is 0 Å². The number of Topliss-reactive ketones (excluding diaryl/α,β-unsaturated/α-hetero) is 1. The summed E-state index contributed by atoms with van der Waals surface area (Å²) < 4.78 is 0. The van der Waals surface area contributed by atoms with Crippen LogP contribution in [0.25, 0.3) is 0 Å². The maximum Gasteiger partial charge on any atom is 0.227 e. The zero-order valence-electron chi connectivity index (χ0n) is 19.3. The van der Waals surface area contributed by atoms with Gasteiger partial charge in [0, 0.05) is 36.5 Å². The summed E-state index contributed by atoms with van der Waals surface area (Å²) >= 11 is 6.29. The van der Waals surface area contributed by atoms with Crippen LogP contribution in [0.3, 0.4) is 0 Å². The lowest BCUT2D eigenvalue weighted by molar-refractivity contribution is -0.119. The normalized spacial score (nSPS) is 18.9. The Morgan fingerprint density at radius 3 is 2.55 bits per heavy atom. The van der Waals surface area contributed by atoms with Gasteiger partial charge in [0.25, 0.3) is 0 Å². The van der Waals surface area contributed by atoms with Crippen LogP contribution in [0.5, 0.6) is 0 Å². The van der Waals surface area contributed by atoms with Crippen LogP contribution in [0.1, 0.15) is 65.6 Å². The Bertz CT molecular complexity index is 1020. The lowest BCUT2D eigenvalue weighted by Gasteiger charge is -2.35. The SMILES string of the molecule is O=C(CCC1CCN(CCc2ccccc2Cl)CC1)c1cc2c3c(c1)CCC(=O)N3CCC2. The molecule has 3 heterocycles. The number of ketones is 1. The van der Waals surface area contributed by atoms with Crippen LogP contribution in [0, 0.1) is 5.92 Å². The number of hydrogen-bond donors (Lipinski definition) is 0. The molecule has 2 aromatic carbocycles. The quantitative estimate of drug-likeness (QED) is 0.509. The third kappa shape index (κ3) is 5.02. The largest absolute Gasteiger partial charge is 0.312 e. The van der Waals surface area contributed by atoms with Crippen molar-refractivity contribution in [3.05, 3.63) is 63.7 Å². The number of likely N-dealkylation sites (tertiary alicyclic amines) is 1. The van der Waals surface area contributed by atoms with Gasteiger partial charge in [-0.3, -0.25) is 9.59 Å². The Labute approximate surface area is 201 Å². The molecule has 0 aromatic heterocycles. The minimum atomic E-state index is 0.237. The van der Waals surface area contributed by atoms with Gasteiger partial charge in [-0.2, -0.15) is 0 Å². The Kier molecular flexibility index (Phi) is 6.84. The molecular formula is C28H33ClN2O2. The molecule has 0 spiro atoms. The van der Waals surface area contributed by atoms with Gasteiger partial charge in [0.05, 0.1) is 5.69 Å². The number of hydrogen-bond acceptors (Lipinski definition) is 3. The molecule has 33 heavy (non-hydrogen) atoms. The van der Waals surface area contributed by atoms with E-state index in [1.165, 1.54) is 29.5 Å². The van der Waals surface area contributed by atoms with E-state index in [1.54, 1.807) is 0 Å². The average molecular weight is 465 g/mol. The molecule has 3 aliphatic heterocycles. The van der Waals surface area contributed by atoms with Gasteiger partial charge >= 0.3 is 0 Å². The number of benzene rings is 2. The first-order valence-electron chi connectivity index (χ1n) is 12.5. The van der Waals surface area contributed by atoms with Crippen LogP contribution in [-0.4, -0.2) is 42.8 Å². The molecule has 0 radical (unpaired) electrons. The van der Waals surface area contributed by atoms with Crippen molar-refractivity contribution in [3.8, 4) is 0 Å². The standard InChI is InChI=1S/C28H33ClN2O2/c29-25-6-2-1-4-21(25)13-17-30-15-11-20(12-16-30)7-9-26(32)24-18-22-5-3-14-31-27(33)10-8-23(19-24)28(22)31/h1-2,4,6,18-20H,3,5,7-17H2. The molecule has 0 unspecified atom stereocenters. The van der Waals surface area contributed by atoms with Gasteiger partial charge < -0.3 is 9.80 Å². The fourth-order valence-corrected chi connectivity index (χ4v) is 6.00. The maximum atomic E-state index is 13.1. The molecule has 1 amide bonds. The Hall–Kier alpha value is -2.17. The second-order valence-electron chi connectivity index (χ2n) is 9.88. The number of carbonyl (C=O) groups is 2. The van der Waals surface area contributed by atoms with Crippen molar-refractivity contribution in [2.24, 2.45) is 5.92 Å². The number of piperidine rings is 1. The van der Waals surface area contributed by atoms with E-state index >= 15 is 0 Å². The summed E-state index contributed by atoms with van der Waals surface area (Å²) in [6.45, 7) is 4.09. The molecule has 0 bridgehead atoms. The minimum absolute atomic E-state index is 0.237. The van der Waals surface area contributed by atoms with E-state index in [1.807, 2.05) is 17.0 Å². The molecule has 0 saturated carbocycles. The molecule has 0 atom stereocenters. The summed E-state index contributed by atoms with van der Waals surface area (Å²) in [4.78, 5) is 29.8. The zero-order valence-corrected chi connectivity index (χ0v) is 20.1. The van der Waals surface area contributed by atoms with Crippen molar-refractivity contribution in [3.63, 3.8) is 0 Å². The van der Waals surface area contributed by atoms with Gasteiger partial charge in [0.2, 0.25) is 5.91 Å². The highest BCUT2D eigenvalue weighted by atomic mass is 35.5. The molecular weight excluding hydrogens is 432 g/mol. The van der Waals surface area contributed by atoms with Crippen LogP contribution in [-0.2, 0) is 24.1 Å². The minimum Gasteiger partial charge on any atom is -0.312 e. The van der Waals surface area contributed by atoms with Crippen molar-refractivity contribution in [2.45, 2.75) is 57.8 Å². The molecule has 5 heteroatoms. The number of aryl methyl sites for hydroxylation is 2. The van der Waals surface area contributed by atoms with Crippen molar-refractivity contribution in [1.82, 2.24) is 4.90 Å². The van der Waals surface area contributed by atoms with Crippen molar-refractivity contribution in [1.29, 1.82) is 0 Å². The third-order valence-corrected chi connectivity index (χ3v) is 8.11. The Morgan fingerprint density at radius 2 is 1.76 bits per heavy atom. The van der Waals surface area contributed by atoms with Crippen molar-refractivity contribution >= 4 is 29.0 Å². The van der Waals surface area contributed by atoms with Crippen molar-refractivity contribution in [2.75, 3.05) is 31.1 Å². The van der Waals surface area contributed by atoms with E-state index in [-0.39, 0.29) is 11.7 Å². The first kappa shape index (κ1) is 22.6. The second-order valence-corrected chi connectivity index (χ2v) is 10.3. The molecule has 1 fully saturated rings. The number of rotatable bonds is 7. The van der Waals surface area contributed by atoms with Gasteiger partial charge in [0.15, 0.2) is 5.78 Å². The molecule has 174 valence electrons. The molecule has 0 aliphatic carbocycles. The van der Waals surface area contributed by atoms with Gasteiger partial charge in [-0.25, -0.2) is 0 Å². The average Bonchev–Trinajstić information content (AvgIpc) is 2.85. The molecule has 3 aliphatic rings. The topological polar surface area (TPSA) is 40.6 Å². The number of nitrogens with zero attached hydrogens (tertiary/aromatic N) is 2. The zero-order chi connectivity index (χ0) is 22.8. The highest BCUT2D eigenvalue weighted by molar-refractivity contribution is 6.31. The first-order valence-corrected chi connectivity index (χ1v) is 12.9.